The van der Waals surface area contributed by atoms with Crippen molar-refractivity contribution in [1.82, 2.24) is 19.9 Å². The molecule has 0 saturated carbocycles. The van der Waals surface area contributed by atoms with Crippen molar-refractivity contribution in [1.29, 1.82) is 0 Å². The third kappa shape index (κ3) is 6.25. The number of methoxy groups -OCH3 is 2. The van der Waals surface area contributed by atoms with Crippen LogP contribution in [0.1, 0.15) is 69.0 Å². The topological polar surface area (TPSA) is 109 Å². The number of nitrogens with zero attached hydrogens (tertiary/aromatic N) is 4. The fraction of sp³-hybridized carbons (Fsp3) is 0.312. The average Bonchev–Trinajstić information content (AvgIpc) is 3.62. The second-order valence-corrected chi connectivity index (χ2v) is 10.2. The number of aryl methyl sites for hydroxylation is 2. The number of hydrogen-bond donors (Lipinski definition) is 0. The smallest absolute Gasteiger partial charge is 0.305 e. The molecule has 1 aliphatic rings. The molecule has 9 heteroatoms. The summed E-state index contributed by atoms with van der Waals surface area (Å²) in [4.78, 5) is 43.7. The molecule has 8 bridgehead atoms. The van der Waals surface area contributed by atoms with Gasteiger partial charge in [-0.1, -0.05) is 69.8 Å². The second kappa shape index (κ2) is 12.4. The van der Waals surface area contributed by atoms with E-state index in [0.717, 1.165) is 77.6 Å². The van der Waals surface area contributed by atoms with E-state index in [2.05, 4.69) is 0 Å². The summed E-state index contributed by atoms with van der Waals surface area (Å²) in [6, 6.07) is 4.09. The largest absolute Gasteiger partial charge is 0.658 e. The Labute approximate surface area is 251 Å². The summed E-state index contributed by atoms with van der Waals surface area (Å²) in [7, 11) is 2.79. The first-order chi connectivity index (χ1) is 19.2. The first kappa shape index (κ1) is 30.1. The summed E-state index contributed by atoms with van der Waals surface area (Å²) in [6.45, 7) is 8.10. The quantitative estimate of drug-likeness (QED) is 0.206. The van der Waals surface area contributed by atoms with Crippen LogP contribution in [-0.4, -0.2) is 26.2 Å². The van der Waals surface area contributed by atoms with Crippen molar-refractivity contribution < 1.29 is 38.5 Å². The van der Waals surface area contributed by atoms with Gasteiger partial charge in [0.25, 0.3) is 0 Å². The van der Waals surface area contributed by atoms with Gasteiger partial charge >= 0.3 is 11.9 Å². The van der Waals surface area contributed by atoms with Crippen LogP contribution in [0.25, 0.3) is 24.3 Å². The summed E-state index contributed by atoms with van der Waals surface area (Å²) < 4.78 is 9.80. The molecule has 0 amide bonds. The molecule has 5 rings (SSSR count). The maximum atomic E-state index is 12.0. The molecule has 0 spiro atoms. The molecule has 1 aliphatic heterocycles. The zero-order chi connectivity index (χ0) is 28.6. The van der Waals surface area contributed by atoms with Gasteiger partial charge in [-0.3, -0.25) is 9.59 Å². The van der Waals surface area contributed by atoms with E-state index in [-0.39, 0.29) is 44.3 Å². The van der Waals surface area contributed by atoms with E-state index < -0.39 is 0 Å². The van der Waals surface area contributed by atoms with E-state index in [1.807, 2.05) is 64.1 Å². The molecule has 8 nitrogen and oxygen atoms in total. The fourth-order valence-electron chi connectivity index (χ4n) is 5.15. The molecule has 0 saturated heterocycles. The van der Waals surface area contributed by atoms with Crippen LogP contribution in [0.4, 0.5) is 0 Å². The Balaban J connectivity index is 0.00000387. The maximum Gasteiger partial charge on any atom is 0.305 e. The standard InChI is InChI=1S/C32H32N4O4.Zn/c1-17-11-22-14-27-19(3)23(7-9-31(37)39-5)29(35-27)16-30-24(8-10-32(38)40-6)20(4)28(36-30)15-26-18(2)12-21(34-26)13-25(17)33-22;/h11-16H,7-10H2,1-6H3;/q-4;/b21-13?,22-14-,25-13-,26-15?,27-14?,28-15-,29-16?,30-16-;. The van der Waals surface area contributed by atoms with Crippen molar-refractivity contribution in [3.05, 3.63) is 89.7 Å². The Kier molecular flexibility index (Phi) is 9.08. The van der Waals surface area contributed by atoms with Gasteiger partial charge in [0.1, 0.15) is 0 Å². The van der Waals surface area contributed by atoms with Crippen LogP contribution in [0.5, 0.6) is 0 Å². The van der Waals surface area contributed by atoms with Gasteiger partial charge in [-0.05, 0) is 40.5 Å². The van der Waals surface area contributed by atoms with E-state index >= 15 is 0 Å². The zero-order valence-electron chi connectivity index (χ0n) is 24.4. The van der Waals surface area contributed by atoms with Crippen molar-refractivity contribution in [2.75, 3.05) is 14.2 Å². The number of rotatable bonds is 6. The Hall–Kier alpha value is -3.84. The number of fused-ring (bicyclic) bond motifs is 8. The predicted molar refractivity (Wildman–Crippen MR) is 151 cm³/mol. The molecular formula is C32H32N4O4Zn-4. The number of esters is 2. The van der Waals surface area contributed by atoms with Gasteiger partial charge in [0.2, 0.25) is 0 Å². The van der Waals surface area contributed by atoms with Crippen LogP contribution in [0, 0.1) is 27.7 Å². The Morgan fingerprint density at radius 3 is 1.98 bits per heavy atom. The van der Waals surface area contributed by atoms with E-state index in [9.17, 15) is 9.59 Å². The predicted octanol–water partition coefficient (Wildman–Crippen LogP) is 0.586. The third-order valence-corrected chi connectivity index (χ3v) is 7.54. The first-order valence-electron chi connectivity index (χ1n) is 13.3. The number of hydrogen-bond acceptors (Lipinski definition) is 4. The van der Waals surface area contributed by atoms with E-state index in [1.54, 1.807) is 0 Å². The Morgan fingerprint density at radius 1 is 0.634 bits per heavy atom. The Morgan fingerprint density at radius 2 is 1.29 bits per heavy atom. The van der Waals surface area contributed by atoms with Gasteiger partial charge in [0.15, 0.2) is 0 Å². The monoisotopic (exact) mass is 600 g/mol. The van der Waals surface area contributed by atoms with Crippen molar-refractivity contribution >= 4 is 36.2 Å². The van der Waals surface area contributed by atoms with Gasteiger partial charge in [-0.25, -0.2) is 0 Å². The van der Waals surface area contributed by atoms with Crippen LogP contribution in [0.2, 0.25) is 0 Å². The SMILES string of the molecule is COC(=O)CCc1c2[n-]c(c1C)/C=c1/cc(C)/c([n-]1)=C/c1cc(C)c([n-]1)/C=c1\[n-]/c(c(CCC(=O)OC)c1C)=C\2.[Zn]. The van der Waals surface area contributed by atoms with E-state index in [1.165, 1.54) is 14.2 Å². The minimum Gasteiger partial charge on any atom is -0.658 e. The number of carbonyl (C=O) groups excluding carboxylic acids is 2. The summed E-state index contributed by atoms with van der Waals surface area (Å²) in [6.07, 6.45) is 9.35. The minimum atomic E-state index is -0.279. The van der Waals surface area contributed by atoms with E-state index in [0.29, 0.717) is 12.8 Å². The fourth-order valence-corrected chi connectivity index (χ4v) is 5.15. The minimum absolute atomic E-state index is 0. The van der Waals surface area contributed by atoms with Crippen molar-refractivity contribution in [3.63, 3.8) is 0 Å². The molecule has 0 aromatic carbocycles. The summed E-state index contributed by atoms with van der Waals surface area (Å²) in [5.74, 6) is -0.558. The molecular weight excluding hydrogens is 570 g/mol. The van der Waals surface area contributed by atoms with Crippen LogP contribution in [-0.2, 0) is 51.4 Å². The van der Waals surface area contributed by atoms with Crippen LogP contribution in [0.3, 0.4) is 0 Å². The van der Waals surface area contributed by atoms with Gasteiger partial charge < -0.3 is 29.4 Å². The van der Waals surface area contributed by atoms with Crippen LogP contribution < -0.4 is 41.3 Å². The van der Waals surface area contributed by atoms with Crippen molar-refractivity contribution in [3.8, 4) is 0 Å². The average molecular weight is 602 g/mol. The molecule has 0 fully saturated rings. The van der Waals surface area contributed by atoms with Gasteiger partial charge in [-0.15, -0.1) is 44.2 Å². The summed E-state index contributed by atoms with van der Waals surface area (Å²) >= 11 is 0. The third-order valence-electron chi connectivity index (χ3n) is 7.54. The van der Waals surface area contributed by atoms with Crippen molar-refractivity contribution in [2.45, 2.75) is 53.4 Å². The summed E-state index contributed by atoms with van der Waals surface area (Å²) in [5, 5.41) is 3.20. The molecule has 4 aromatic heterocycles. The van der Waals surface area contributed by atoms with Gasteiger partial charge in [-0.2, -0.15) is 0 Å². The molecule has 0 aliphatic carbocycles. The first-order valence-corrected chi connectivity index (χ1v) is 13.3. The zero-order valence-corrected chi connectivity index (χ0v) is 27.4. The Bertz CT molecular complexity index is 1870. The van der Waals surface area contributed by atoms with E-state index in [4.69, 9.17) is 29.4 Å². The van der Waals surface area contributed by atoms with Gasteiger partial charge in [0, 0.05) is 32.3 Å². The molecule has 0 atom stereocenters. The number of aromatic nitrogens is 4. The number of carbonyl (C=O) groups is 2. The van der Waals surface area contributed by atoms with Crippen LogP contribution >= 0.6 is 0 Å². The van der Waals surface area contributed by atoms with Crippen molar-refractivity contribution in [2.24, 2.45) is 0 Å². The van der Waals surface area contributed by atoms with Crippen LogP contribution in [0.15, 0.2) is 12.1 Å². The molecule has 0 radical (unpaired) electrons. The summed E-state index contributed by atoms with van der Waals surface area (Å²) in [5.41, 5.74) is 9.17. The number of ether oxygens (including phenoxy) is 2. The molecule has 0 N–H and O–H groups in total. The molecule has 4 aromatic rings. The van der Waals surface area contributed by atoms with Gasteiger partial charge in [0.05, 0.1) is 14.2 Å². The molecule has 5 heterocycles. The maximum absolute atomic E-state index is 12.0. The molecule has 41 heavy (non-hydrogen) atoms. The normalized spacial score (nSPS) is 15.2. The molecule has 210 valence electrons. The second-order valence-electron chi connectivity index (χ2n) is 10.2. The molecule has 0 unspecified atom stereocenters.